The predicted octanol–water partition coefficient (Wildman–Crippen LogP) is 10.4. The van der Waals surface area contributed by atoms with Gasteiger partial charge in [-0.2, -0.15) is 0 Å². The summed E-state index contributed by atoms with van der Waals surface area (Å²) in [5.74, 6) is -4.26. The first-order valence-electron chi connectivity index (χ1n) is 15.7. The molecule has 0 aliphatic heterocycles. The Kier molecular flexibility index (Phi) is 6.89. The third-order valence-corrected chi connectivity index (χ3v) is 9.22. The highest BCUT2D eigenvalue weighted by Crippen LogP contribution is 2.57. The molecule has 0 atom stereocenters. The Bertz CT molecular complexity index is 2390. The van der Waals surface area contributed by atoms with Gasteiger partial charge in [0.25, 0.3) is 0 Å². The maximum absolute atomic E-state index is 11.0. The fourth-order valence-corrected chi connectivity index (χ4v) is 6.98. The molecule has 0 spiro atoms. The van der Waals surface area contributed by atoms with Gasteiger partial charge in [0, 0.05) is 5.56 Å². The molecule has 5 nitrogen and oxygen atoms in total. The average Bonchev–Trinajstić information content (AvgIpc) is 3.35. The molecule has 48 heavy (non-hydrogen) atoms. The van der Waals surface area contributed by atoms with Crippen LogP contribution in [0.1, 0.15) is 23.1 Å². The van der Waals surface area contributed by atoms with E-state index in [0.29, 0.717) is 16.3 Å². The van der Waals surface area contributed by atoms with E-state index in [0.717, 1.165) is 61.7 Å². The van der Waals surface area contributed by atoms with E-state index in [-0.39, 0.29) is 5.56 Å². The summed E-state index contributed by atoms with van der Waals surface area (Å²) in [6.07, 6.45) is 7.41. The molecule has 0 amide bonds. The maximum Gasteiger partial charge on any atom is 0.208 e. The minimum Gasteiger partial charge on any atom is -0.504 e. The van der Waals surface area contributed by atoms with Crippen LogP contribution >= 0.6 is 0 Å². The van der Waals surface area contributed by atoms with Gasteiger partial charge >= 0.3 is 0 Å². The fraction of sp³-hybridized carbons (Fsp3) is 0.0233. The van der Waals surface area contributed by atoms with Crippen LogP contribution in [0.4, 0.5) is 0 Å². The molecular formula is C43H30O5. The summed E-state index contributed by atoms with van der Waals surface area (Å²) in [6.45, 7) is 0. The van der Waals surface area contributed by atoms with Crippen LogP contribution in [-0.4, -0.2) is 25.5 Å². The topological polar surface area (TPSA) is 101 Å². The van der Waals surface area contributed by atoms with Crippen molar-refractivity contribution in [3.63, 3.8) is 0 Å². The van der Waals surface area contributed by atoms with Crippen molar-refractivity contribution in [2.24, 2.45) is 0 Å². The molecule has 0 saturated carbocycles. The zero-order valence-corrected chi connectivity index (χ0v) is 25.7. The summed E-state index contributed by atoms with van der Waals surface area (Å²) < 4.78 is 0. The van der Waals surface area contributed by atoms with Crippen molar-refractivity contribution in [3.8, 4) is 62.1 Å². The molecule has 1 aliphatic carbocycles. The van der Waals surface area contributed by atoms with E-state index < -0.39 is 28.7 Å². The van der Waals surface area contributed by atoms with Crippen molar-refractivity contribution in [2.75, 3.05) is 0 Å². The number of aromatic hydroxyl groups is 5. The molecule has 232 valence electrons. The van der Waals surface area contributed by atoms with Gasteiger partial charge in [-0.3, -0.25) is 0 Å². The Labute approximate surface area is 276 Å². The molecule has 0 aromatic heterocycles. The van der Waals surface area contributed by atoms with Gasteiger partial charge in [-0.25, -0.2) is 0 Å². The Hall–Kier alpha value is -6.46. The quantitative estimate of drug-likeness (QED) is 0.0760. The normalized spacial score (nSPS) is 12.5. The number of allylic oxidation sites excluding steroid dienone is 2. The number of hydrogen-bond donors (Lipinski definition) is 5. The lowest BCUT2D eigenvalue weighted by molar-refractivity contribution is 0.330. The SMILES string of the molecule is Oc1c(O)c(O)c(-c2c3ccccc3c(-c3ccc4c(c3)C(c3cccc(-c5ccccc5)c3)=CCC=C4)c3ccccc23)c(O)c1O. The highest BCUT2D eigenvalue weighted by molar-refractivity contribution is 6.22. The first kappa shape index (κ1) is 29.0. The number of benzene rings is 7. The molecule has 7 aromatic carbocycles. The number of phenolic OH excluding ortho intramolecular Hbond substituents is 5. The van der Waals surface area contributed by atoms with Crippen LogP contribution in [0.15, 0.2) is 133 Å². The van der Waals surface area contributed by atoms with E-state index >= 15 is 0 Å². The number of rotatable bonds is 4. The molecule has 5 heteroatoms. The molecular weight excluding hydrogens is 596 g/mol. The molecule has 0 unspecified atom stereocenters. The first-order chi connectivity index (χ1) is 23.4. The highest BCUT2D eigenvalue weighted by Gasteiger charge is 2.28. The predicted molar refractivity (Wildman–Crippen MR) is 193 cm³/mol. The Morgan fingerprint density at radius 3 is 1.58 bits per heavy atom. The van der Waals surface area contributed by atoms with E-state index in [9.17, 15) is 25.5 Å². The molecule has 0 heterocycles. The second kappa shape index (κ2) is 11.4. The summed E-state index contributed by atoms with van der Waals surface area (Å²) >= 11 is 0. The summed E-state index contributed by atoms with van der Waals surface area (Å²) in [5.41, 5.74) is 8.99. The van der Waals surface area contributed by atoms with Crippen LogP contribution < -0.4 is 0 Å². The molecule has 1 aliphatic rings. The summed E-state index contributed by atoms with van der Waals surface area (Å²) in [6, 6.07) is 40.8. The van der Waals surface area contributed by atoms with Gasteiger partial charge in [0.2, 0.25) is 17.2 Å². The lowest BCUT2D eigenvalue weighted by Crippen LogP contribution is -1.95. The second-order valence-electron chi connectivity index (χ2n) is 12.0. The number of fused-ring (bicyclic) bond motifs is 3. The van der Waals surface area contributed by atoms with Gasteiger partial charge in [-0.15, -0.1) is 0 Å². The fourth-order valence-electron chi connectivity index (χ4n) is 6.98. The smallest absolute Gasteiger partial charge is 0.208 e. The van der Waals surface area contributed by atoms with Crippen LogP contribution in [0.3, 0.4) is 0 Å². The Morgan fingerprint density at radius 2 is 0.938 bits per heavy atom. The van der Waals surface area contributed by atoms with Gasteiger partial charge in [-0.1, -0.05) is 127 Å². The molecule has 0 bridgehead atoms. The van der Waals surface area contributed by atoms with Crippen LogP contribution in [0, 0.1) is 0 Å². The zero-order valence-electron chi connectivity index (χ0n) is 25.7. The van der Waals surface area contributed by atoms with Crippen LogP contribution in [0.2, 0.25) is 0 Å². The van der Waals surface area contributed by atoms with Crippen LogP contribution in [-0.2, 0) is 0 Å². The first-order valence-corrected chi connectivity index (χ1v) is 15.7. The Balaban J connectivity index is 1.38. The third kappa shape index (κ3) is 4.56. The van der Waals surface area contributed by atoms with Crippen LogP contribution in [0.25, 0.3) is 66.6 Å². The monoisotopic (exact) mass is 626 g/mol. The third-order valence-electron chi connectivity index (χ3n) is 9.22. The van der Waals surface area contributed by atoms with Gasteiger partial charge in [0.15, 0.2) is 11.5 Å². The number of phenols is 5. The molecule has 0 saturated heterocycles. The minimum absolute atomic E-state index is 0.169. The van der Waals surface area contributed by atoms with E-state index in [1.807, 2.05) is 66.7 Å². The Morgan fingerprint density at radius 1 is 0.396 bits per heavy atom. The van der Waals surface area contributed by atoms with E-state index in [1.54, 1.807) is 0 Å². The lowest BCUT2D eigenvalue weighted by atomic mass is 9.83. The van der Waals surface area contributed by atoms with E-state index in [2.05, 4.69) is 72.8 Å². The molecule has 7 aromatic rings. The van der Waals surface area contributed by atoms with Gasteiger partial charge < -0.3 is 25.5 Å². The molecule has 5 N–H and O–H groups in total. The van der Waals surface area contributed by atoms with Crippen molar-refractivity contribution >= 4 is 33.2 Å². The largest absolute Gasteiger partial charge is 0.504 e. The van der Waals surface area contributed by atoms with E-state index in [1.165, 1.54) is 0 Å². The average molecular weight is 627 g/mol. The van der Waals surface area contributed by atoms with Crippen molar-refractivity contribution in [1.29, 1.82) is 0 Å². The van der Waals surface area contributed by atoms with Gasteiger partial charge in [0.05, 0.1) is 5.56 Å². The zero-order chi connectivity index (χ0) is 32.9. The summed E-state index contributed by atoms with van der Waals surface area (Å²) in [7, 11) is 0. The highest BCUT2D eigenvalue weighted by atomic mass is 16.4. The van der Waals surface area contributed by atoms with Crippen LogP contribution in [0.5, 0.6) is 28.7 Å². The van der Waals surface area contributed by atoms with Crippen molar-refractivity contribution < 1.29 is 25.5 Å². The van der Waals surface area contributed by atoms with Gasteiger partial charge in [-0.05, 0) is 84.6 Å². The minimum atomic E-state index is -0.990. The van der Waals surface area contributed by atoms with Crippen molar-refractivity contribution in [3.05, 3.63) is 150 Å². The summed E-state index contributed by atoms with van der Waals surface area (Å²) in [5, 5.41) is 56.2. The van der Waals surface area contributed by atoms with Crippen molar-refractivity contribution in [1.82, 2.24) is 0 Å². The van der Waals surface area contributed by atoms with E-state index in [4.69, 9.17) is 0 Å². The number of hydrogen-bond acceptors (Lipinski definition) is 5. The molecule has 8 rings (SSSR count). The maximum atomic E-state index is 11.0. The lowest BCUT2D eigenvalue weighted by Gasteiger charge is -2.21. The van der Waals surface area contributed by atoms with Gasteiger partial charge in [0.1, 0.15) is 0 Å². The second-order valence-corrected chi connectivity index (χ2v) is 12.0. The summed E-state index contributed by atoms with van der Waals surface area (Å²) in [4.78, 5) is 0. The van der Waals surface area contributed by atoms with Crippen molar-refractivity contribution in [2.45, 2.75) is 6.42 Å². The standard InChI is InChI=1S/C43H30O5/c44-39-38(40(45)42(47)43(48)41(39)46)37-33-19-8-6-17-31(33)36(32-18-7-9-20-34(32)37)29-22-21-26-13-4-5-16-30(35(26)24-29)28-15-10-14-27(23-28)25-11-2-1-3-12-25/h1-4,6-24,44-48H,5H2. The molecule has 0 fully saturated rings. The molecule has 0 radical (unpaired) electrons.